The standard InChI is InChI=1S/C17H18O3S/c1-3-20-17(18)16(14-10-5-4-6-11-14)21(19)15-12-8-7-9-13(15)2/h4-12,16H,3H2,1-2H3. The summed E-state index contributed by atoms with van der Waals surface area (Å²) in [5, 5.41) is -0.799. The van der Waals surface area contributed by atoms with Gasteiger partial charge in [0, 0.05) is 4.90 Å². The van der Waals surface area contributed by atoms with Gasteiger partial charge in [-0.3, -0.25) is 9.00 Å². The first-order valence-corrected chi connectivity index (χ1v) is 8.04. The van der Waals surface area contributed by atoms with Crippen LogP contribution in [0, 0.1) is 6.92 Å². The molecule has 0 amide bonds. The summed E-state index contributed by atoms with van der Waals surface area (Å²) in [6.07, 6.45) is 0. The molecule has 0 N–H and O–H groups in total. The molecule has 0 heterocycles. The molecule has 0 aliphatic rings. The molecule has 4 heteroatoms. The number of benzene rings is 2. The van der Waals surface area contributed by atoms with Gasteiger partial charge in [-0.2, -0.15) is 0 Å². The molecule has 2 atom stereocenters. The van der Waals surface area contributed by atoms with E-state index in [1.807, 2.05) is 43.3 Å². The van der Waals surface area contributed by atoms with E-state index in [4.69, 9.17) is 4.74 Å². The Labute approximate surface area is 127 Å². The topological polar surface area (TPSA) is 43.4 Å². The van der Waals surface area contributed by atoms with Crippen molar-refractivity contribution < 1.29 is 13.7 Å². The van der Waals surface area contributed by atoms with Gasteiger partial charge in [0.1, 0.15) is 0 Å². The third-order valence-corrected chi connectivity index (χ3v) is 4.91. The van der Waals surface area contributed by atoms with Gasteiger partial charge in [0.2, 0.25) is 0 Å². The maximum atomic E-state index is 12.9. The molecule has 0 bridgehead atoms. The minimum atomic E-state index is -1.49. The minimum absolute atomic E-state index is 0.271. The van der Waals surface area contributed by atoms with E-state index in [2.05, 4.69) is 0 Å². The third-order valence-electron chi connectivity index (χ3n) is 3.13. The van der Waals surface area contributed by atoms with E-state index in [0.29, 0.717) is 10.5 Å². The highest BCUT2D eigenvalue weighted by Gasteiger charge is 2.30. The smallest absolute Gasteiger partial charge is 0.326 e. The van der Waals surface area contributed by atoms with E-state index < -0.39 is 22.0 Å². The zero-order valence-electron chi connectivity index (χ0n) is 12.1. The Morgan fingerprint density at radius 3 is 2.33 bits per heavy atom. The average Bonchev–Trinajstić information content (AvgIpc) is 2.49. The van der Waals surface area contributed by atoms with Gasteiger partial charge in [-0.15, -0.1) is 0 Å². The summed E-state index contributed by atoms with van der Waals surface area (Å²) in [5.41, 5.74) is 1.61. The van der Waals surface area contributed by atoms with E-state index in [1.165, 1.54) is 0 Å². The first kappa shape index (κ1) is 15.4. The van der Waals surface area contributed by atoms with E-state index in [-0.39, 0.29) is 6.61 Å². The second-order valence-corrected chi connectivity index (χ2v) is 6.11. The lowest BCUT2D eigenvalue weighted by atomic mass is 10.1. The van der Waals surface area contributed by atoms with Crippen LogP contribution >= 0.6 is 0 Å². The van der Waals surface area contributed by atoms with Crippen molar-refractivity contribution in [1.29, 1.82) is 0 Å². The molecule has 0 fully saturated rings. The van der Waals surface area contributed by atoms with Gasteiger partial charge in [-0.25, -0.2) is 0 Å². The molecule has 0 aliphatic heterocycles. The molecule has 21 heavy (non-hydrogen) atoms. The predicted octanol–water partition coefficient (Wildman–Crippen LogP) is 3.41. The van der Waals surface area contributed by atoms with Crippen LogP contribution in [0.1, 0.15) is 23.3 Å². The van der Waals surface area contributed by atoms with Crippen LogP contribution in [-0.4, -0.2) is 16.8 Å². The summed E-state index contributed by atoms with van der Waals surface area (Å²) in [5.74, 6) is -0.453. The fourth-order valence-electron chi connectivity index (χ4n) is 2.10. The van der Waals surface area contributed by atoms with Gasteiger partial charge in [0.05, 0.1) is 17.4 Å². The molecule has 0 spiro atoms. The summed E-state index contributed by atoms with van der Waals surface area (Å²) in [4.78, 5) is 12.9. The van der Waals surface area contributed by atoms with Gasteiger partial charge in [-0.05, 0) is 31.0 Å². The van der Waals surface area contributed by atoms with Crippen molar-refractivity contribution in [2.75, 3.05) is 6.61 Å². The van der Waals surface area contributed by atoms with Crippen LogP contribution < -0.4 is 0 Å². The van der Waals surface area contributed by atoms with E-state index in [9.17, 15) is 9.00 Å². The molecule has 2 aromatic carbocycles. The van der Waals surface area contributed by atoms with E-state index in [1.54, 1.807) is 25.1 Å². The van der Waals surface area contributed by atoms with E-state index in [0.717, 1.165) is 5.56 Å². The maximum Gasteiger partial charge on any atom is 0.326 e. The normalized spacial score (nSPS) is 13.4. The number of carbonyl (C=O) groups is 1. The molecular weight excluding hydrogens is 284 g/mol. The number of rotatable bonds is 5. The van der Waals surface area contributed by atoms with Crippen LogP contribution in [0.2, 0.25) is 0 Å². The lowest BCUT2D eigenvalue weighted by Crippen LogP contribution is -2.21. The zero-order chi connectivity index (χ0) is 15.2. The fraction of sp³-hybridized carbons (Fsp3) is 0.235. The number of hydrogen-bond acceptors (Lipinski definition) is 3. The van der Waals surface area contributed by atoms with Gasteiger partial charge in [0.25, 0.3) is 0 Å². The Kier molecular flexibility index (Phi) is 5.28. The summed E-state index contributed by atoms with van der Waals surface area (Å²) in [6.45, 7) is 3.91. The van der Waals surface area contributed by atoms with Crippen molar-refractivity contribution in [1.82, 2.24) is 0 Å². The van der Waals surface area contributed by atoms with Crippen molar-refractivity contribution in [3.63, 3.8) is 0 Å². The summed E-state index contributed by atoms with van der Waals surface area (Å²) >= 11 is 0. The maximum absolute atomic E-state index is 12.9. The number of esters is 1. The number of carbonyl (C=O) groups excluding carboxylic acids is 1. The Bertz CT molecular complexity index is 637. The van der Waals surface area contributed by atoms with Crippen molar-refractivity contribution >= 4 is 16.8 Å². The van der Waals surface area contributed by atoms with Crippen molar-refractivity contribution in [2.45, 2.75) is 24.0 Å². The molecule has 0 saturated heterocycles. The van der Waals surface area contributed by atoms with Crippen LogP contribution in [-0.2, 0) is 20.3 Å². The number of hydrogen-bond donors (Lipinski definition) is 0. The number of aryl methyl sites for hydroxylation is 1. The molecule has 2 unspecified atom stereocenters. The van der Waals surface area contributed by atoms with Gasteiger partial charge in [0.15, 0.2) is 5.25 Å². The Morgan fingerprint density at radius 2 is 1.71 bits per heavy atom. The molecule has 2 rings (SSSR count). The summed E-state index contributed by atoms with van der Waals surface area (Å²) < 4.78 is 18.0. The van der Waals surface area contributed by atoms with Crippen LogP contribution in [0.15, 0.2) is 59.5 Å². The van der Waals surface area contributed by atoms with Gasteiger partial charge < -0.3 is 4.74 Å². The molecule has 2 aromatic rings. The van der Waals surface area contributed by atoms with Crippen LogP contribution in [0.4, 0.5) is 0 Å². The first-order valence-electron chi connectivity index (χ1n) is 6.83. The fourth-order valence-corrected chi connectivity index (χ4v) is 3.60. The number of ether oxygens (including phenoxy) is 1. The second kappa shape index (κ2) is 7.18. The molecule has 0 aromatic heterocycles. The highest BCUT2D eigenvalue weighted by molar-refractivity contribution is 7.86. The average molecular weight is 302 g/mol. The Hall–Kier alpha value is -1.94. The van der Waals surface area contributed by atoms with E-state index >= 15 is 0 Å². The molecule has 0 aliphatic carbocycles. The quantitative estimate of drug-likeness (QED) is 0.795. The molecule has 0 radical (unpaired) electrons. The zero-order valence-corrected chi connectivity index (χ0v) is 12.9. The Balaban J connectivity index is 2.43. The minimum Gasteiger partial charge on any atom is -0.465 e. The van der Waals surface area contributed by atoms with Crippen LogP contribution in [0.3, 0.4) is 0 Å². The Morgan fingerprint density at radius 1 is 1.10 bits per heavy atom. The highest BCUT2D eigenvalue weighted by Crippen LogP contribution is 2.28. The molecule has 0 saturated carbocycles. The molecular formula is C17H18O3S. The monoisotopic (exact) mass is 302 g/mol. The van der Waals surface area contributed by atoms with Crippen molar-refractivity contribution in [2.24, 2.45) is 0 Å². The lowest BCUT2D eigenvalue weighted by molar-refractivity contribution is -0.142. The third kappa shape index (κ3) is 3.58. The highest BCUT2D eigenvalue weighted by atomic mass is 32.2. The van der Waals surface area contributed by atoms with Crippen LogP contribution in [0.25, 0.3) is 0 Å². The van der Waals surface area contributed by atoms with Crippen LogP contribution in [0.5, 0.6) is 0 Å². The van der Waals surface area contributed by atoms with Crippen molar-refractivity contribution in [3.05, 3.63) is 65.7 Å². The second-order valence-electron chi connectivity index (χ2n) is 4.61. The SMILES string of the molecule is CCOC(=O)C(c1ccccc1)S(=O)c1ccccc1C. The lowest BCUT2D eigenvalue weighted by Gasteiger charge is -2.17. The first-order chi connectivity index (χ1) is 10.1. The van der Waals surface area contributed by atoms with Crippen molar-refractivity contribution in [3.8, 4) is 0 Å². The largest absolute Gasteiger partial charge is 0.465 e. The summed E-state index contributed by atoms with van der Waals surface area (Å²) in [6, 6.07) is 16.5. The van der Waals surface area contributed by atoms with Gasteiger partial charge in [-0.1, -0.05) is 48.5 Å². The molecule has 3 nitrogen and oxygen atoms in total. The molecule has 110 valence electrons. The van der Waals surface area contributed by atoms with Gasteiger partial charge >= 0.3 is 5.97 Å². The summed E-state index contributed by atoms with van der Waals surface area (Å²) in [7, 11) is -1.49. The predicted molar refractivity (Wildman–Crippen MR) is 83.4 cm³/mol.